The molecule has 2 amide bonds. The van der Waals surface area contributed by atoms with Crippen LogP contribution < -0.4 is 5.73 Å². The zero-order chi connectivity index (χ0) is 27.4. The fourth-order valence-corrected chi connectivity index (χ4v) is 5.31. The van der Waals surface area contributed by atoms with Crippen LogP contribution in [0.25, 0.3) is 0 Å². The third kappa shape index (κ3) is 6.51. The first kappa shape index (κ1) is 27.6. The number of nitrogens with two attached hydrogens (primary N) is 1. The van der Waals surface area contributed by atoms with Crippen LogP contribution in [-0.4, -0.2) is 63.6 Å². The summed E-state index contributed by atoms with van der Waals surface area (Å²) in [5.41, 5.74) is 7.56. The standard InChI is InChI=1S/C30H37N3O5/c1-30(2,3)38-29(37)32(22-12-10-21(31)11-13-22)18-5-4-7-20-8-6-9-24-25(20)19-33(28(24)36)26-16-14-23(34)15-17-27(26)35/h6,8-9,15,17,21-22,26H,5,10-14,16,18-19,31H2,1-3H3/t21-,22-,26?. The first-order chi connectivity index (χ1) is 18.0. The monoisotopic (exact) mass is 519 g/mol. The van der Waals surface area contributed by atoms with E-state index in [1.807, 2.05) is 26.8 Å². The number of nitrogens with zero attached hydrogens (tertiary/aromatic N) is 2. The van der Waals surface area contributed by atoms with Gasteiger partial charge in [0, 0.05) is 49.1 Å². The second-order valence-electron chi connectivity index (χ2n) is 11.3. The Hall–Kier alpha value is -3.44. The average Bonchev–Trinajstić information content (AvgIpc) is 3.09. The lowest BCUT2D eigenvalue weighted by molar-refractivity contribution is -0.119. The van der Waals surface area contributed by atoms with E-state index in [4.69, 9.17) is 10.5 Å². The van der Waals surface area contributed by atoms with Crippen molar-refractivity contribution >= 4 is 23.6 Å². The molecular formula is C30H37N3O5. The number of allylic oxidation sites excluding steroid dienone is 1. The van der Waals surface area contributed by atoms with E-state index < -0.39 is 11.6 Å². The molecule has 0 spiro atoms. The molecule has 1 aromatic rings. The quantitative estimate of drug-likeness (QED) is 0.607. The molecule has 1 fully saturated rings. The number of ketones is 2. The summed E-state index contributed by atoms with van der Waals surface area (Å²) in [6.45, 7) is 6.30. The SMILES string of the molecule is CC(C)(C)OC(=O)N(CCC#Cc1cccc2c1CN(C1CCC(=O)C=CC1=O)C2=O)[C@H]1CC[C@H](N)CC1. The summed E-state index contributed by atoms with van der Waals surface area (Å²) in [6, 6.07) is 5.03. The molecule has 3 aliphatic rings. The molecule has 1 saturated carbocycles. The van der Waals surface area contributed by atoms with Crippen LogP contribution in [0.5, 0.6) is 0 Å². The summed E-state index contributed by atoms with van der Waals surface area (Å²) >= 11 is 0. The summed E-state index contributed by atoms with van der Waals surface area (Å²) in [6.07, 6.45) is 6.71. The predicted molar refractivity (Wildman–Crippen MR) is 143 cm³/mol. The highest BCUT2D eigenvalue weighted by molar-refractivity contribution is 6.07. The van der Waals surface area contributed by atoms with Gasteiger partial charge in [-0.2, -0.15) is 0 Å². The summed E-state index contributed by atoms with van der Waals surface area (Å²) < 4.78 is 5.67. The van der Waals surface area contributed by atoms with Crippen LogP contribution in [0.2, 0.25) is 0 Å². The van der Waals surface area contributed by atoms with Gasteiger partial charge < -0.3 is 20.3 Å². The highest BCUT2D eigenvalue weighted by Gasteiger charge is 2.37. The highest BCUT2D eigenvalue weighted by Crippen LogP contribution is 2.30. The topological polar surface area (TPSA) is 110 Å². The van der Waals surface area contributed by atoms with Gasteiger partial charge in [0.05, 0.1) is 6.04 Å². The number of amides is 2. The van der Waals surface area contributed by atoms with E-state index in [1.54, 1.807) is 21.9 Å². The van der Waals surface area contributed by atoms with Gasteiger partial charge in [0.2, 0.25) is 0 Å². The number of rotatable bonds is 4. The molecule has 8 heteroatoms. The molecule has 2 N–H and O–H groups in total. The summed E-state index contributed by atoms with van der Waals surface area (Å²) in [4.78, 5) is 53.8. The lowest BCUT2D eigenvalue weighted by Gasteiger charge is -2.36. The van der Waals surface area contributed by atoms with E-state index in [0.29, 0.717) is 24.9 Å². The molecule has 1 atom stereocenters. The van der Waals surface area contributed by atoms with Crippen molar-refractivity contribution in [3.8, 4) is 11.8 Å². The highest BCUT2D eigenvalue weighted by atomic mass is 16.6. The average molecular weight is 520 g/mol. The zero-order valence-corrected chi connectivity index (χ0v) is 22.5. The minimum Gasteiger partial charge on any atom is -0.444 e. The third-order valence-corrected chi connectivity index (χ3v) is 7.31. The number of fused-ring (bicyclic) bond motifs is 1. The lowest BCUT2D eigenvalue weighted by Crippen LogP contribution is -2.46. The Kier molecular flexibility index (Phi) is 8.37. The Morgan fingerprint density at radius 2 is 1.84 bits per heavy atom. The van der Waals surface area contributed by atoms with Crippen molar-refractivity contribution in [3.05, 3.63) is 47.0 Å². The number of hydrogen-bond acceptors (Lipinski definition) is 6. The molecule has 0 saturated heterocycles. The first-order valence-corrected chi connectivity index (χ1v) is 13.4. The van der Waals surface area contributed by atoms with Gasteiger partial charge in [-0.05, 0) is 82.7 Å². The van der Waals surface area contributed by atoms with E-state index in [9.17, 15) is 19.2 Å². The van der Waals surface area contributed by atoms with E-state index in [1.165, 1.54) is 12.2 Å². The molecule has 0 aromatic heterocycles. The fraction of sp³-hybridized carbons (Fsp3) is 0.533. The van der Waals surface area contributed by atoms with Crippen molar-refractivity contribution in [1.29, 1.82) is 0 Å². The third-order valence-electron chi connectivity index (χ3n) is 7.31. The minimum absolute atomic E-state index is 0.0802. The molecular weight excluding hydrogens is 482 g/mol. The Balaban J connectivity index is 1.46. The molecule has 1 heterocycles. The number of hydrogen-bond donors (Lipinski definition) is 1. The number of carbonyl (C=O) groups excluding carboxylic acids is 4. The maximum Gasteiger partial charge on any atom is 0.410 e. The Morgan fingerprint density at radius 3 is 2.55 bits per heavy atom. The summed E-state index contributed by atoms with van der Waals surface area (Å²) in [7, 11) is 0. The summed E-state index contributed by atoms with van der Waals surface area (Å²) in [5.74, 6) is 5.83. The largest absolute Gasteiger partial charge is 0.444 e. The molecule has 1 unspecified atom stereocenters. The molecule has 8 nitrogen and oxygen atoms in total. The van der Waals surface area contributed by atoms with Gasteiger partial charge in [0.25, 0.3) is 5.91 Å². The van der Waals surface area contributed by atoms with Crippen LogP contribution in [0.1, 0.15) is 87.2 Å². The second-order valence-corrected chi connectivity index (χ2v) is 11.3. The number of ether oxygens (including phenoxy) is 1. The molecule has 0 radical (unpaired) electrons. The van der Waals surface area contributed by atoms with E-state index >= 15 is 0 Å². The molecule has 1 aliphatic heterocycles. The van der Waals surface area contributed by atoms with Gasteiger partial charge >= 0.3 is 6.09 Å². The van der Waals surface area contributed by atoms with Crippen LogP contribution in [0, 0.1) is 11.8 Å². The second kappa shape index (κ2) is 11.5. The van der Waals surface area contributed by atoms with Crippen LogP contribution in [0.15, 0.2) is 30.4 Å². The van der Waals surface area contributed by atoms with E-state index in [0.717, 1.165) is 36.8 Å². The normalized spacial score (nSPS) is 23.4. The molecule has 2 aliphatic carbocycles. The maximum atomic E-state index is 13.1. The fourth-order valence-electron chi connectivity index (χ4n) is 5.31. The lowest BCUT2D eigenvalue weighted by atomic mass is 9.91. The molecule has 4 rings (SSSR count). The maximum absolute atomic E-state index is 13.1. The first-order valence-electron chi connectivity index (χ1n) is 13.4. The van der Waals surface area contributed by atoms with Crippen LogP contribution in [-0.2, 0) is 20.9 Å². The van der Waals surface area contributed by atoms with Gasteiger partial charge in [-0.1, -0.05) is 17.9 Å². The smallest absolute Gasteiger partial charge is 0.410 e. The molecule has 38 heavy (non-hydrogen) atoms. The minimum atomic E-state index is -0.649. The number of benzene rings is 1. The van der Waals surface area contributed by atoms with Crippen molar-refractivity contribution in [2.24, 2.45) is 5.73 Å². The van der Waals surface area contributed by atoms with Gasteiger partial charge in [-0.25, -0.2) is 4.79 Å². The van der Waals surface area contributed by atoms with Crippen LogP contribution in [0.4, 0.5) is 4.79 Å². The zero-order valence-electron chi connectivity index (χ0n) is 22.5. The van der Waals surface area contributed by atoms with Gasteiger partial charge in [-0.15, -0.1) is 0 Å². The number of carbonyl (C=O) groups is 4. The predicted octanol–water partition coefficient (Wildman–Crippen LogP) is 3.75. The Bertz CT molecular complexity index is 1190. The molecule has 202 valence electrons. The van der Waals surface area contributed by atoms with Gasteiger partial charge in [-0.3, -0.25) is 14.4 Å². The summed E-state index contributed by atoms with van der Waals surface area (Å²) in [5, 5.41) is 0. The van der Waals surface area contributed by atoms with Gasteiger partial charge in [0.15, 0.2) is 11.6 Å². The Labute approximate surface area is 224 Å². The molecule has 1 aromatic carbocycles. The van der Waals surface area contributed by atoms with Crippen LogP contribution >= 0.6 is 0 Å². The van der Waals surface area contributed by atoms with Crippen molar-refractivity contribution in [3.63, 3.8) is 0 Å². The van der Waals surface area contributed by atoms with Crippen LogP contribution in [0.3, 0.4) is 0 Å². The van der Waals surface area contributed by atoms with E-state index in [-0.39, 0.29) is 48.6 Å². The van der Waals surface area contributed by atoms with Crippen molar-refractivity contribution in [2.45, 2.75) is 96.0 Å². The Morgan fingerprint density at radius 1 is 1.11 bits per heavy atom. The molecule has 0 bridgehead atoms. The van der Waals surface area contributed by atoms with Crippen molar-refractivity contribution in [2.75, 3.05) is 6.54 Å². The van der Waals surface area contributed by atoms with Gasteiger partial charge in [0.1, 0.15) is 5.60 Å². The van der Waals surface area contributed by atoms with Crippen molar-refractivity contribution in [1.82, 2.24) is 9.80 Å². The van der Waals surface area contributed by atoms with E-state index in [2.05, 4.69) is 11.8 Å². The van der Waals surface area contributed by atoms with Crippen molar-refractivity contribution < 1.29 is 23.9 Å².